The van der Waals surface area contributed by atoms with Crippen LogP contribution in [0.4, 0.5) is 5.69 Å². The molecule has 1 aromatic rings. The minimum Gasteiger partial charge on any atom is -0.399 e. The Balaban J connectivity index is 2.67. The Labute approximate surface area is 96.2 Å². The lowest BCUT2D eigenvalue weighted by Gasteiger charge is -2.24. The first-order chi connectivity index (χ1) is 7.49. The van der Waals surface area contributed by atoms with Crippen LogP contribution in [0, 0.1) is 0 Å². The summed E-state index contributed by atoms with van der Waals surface area (Å²) in [5.74, 6) is -0.302. The first-order valence-corrected chi connectivity index (χ1v) is 5.36. The molecule has 0 unspecified atom stereocenters. The lowest BCUT2D eigenvalue weighted by atomic mass is 10.1. The van der Waals surface area contributed by atoms with Gasteiger partial charge in [-0.05, 0) is 31.5 Å². The van der Waals surface area contributed by atoms with Crippen LogP contribution in [0.2, 0.25) is 0 Å². The molecule has 88 valence electrons. The summed E-state index contributed by atoms with van der Waals surface area (Å²) in [7, 11) is 0. The van der Waals surface area contributed by atoms with Gasteiger partial charge in [-0.25, -0.2) is 0 Å². The normalized spacial score (nSPS) is 11.0. The van der Waals surface area contributed by atoms with Crippen LogP contribution in [0.1, 0.15) is 19.4 Å². The van der Waals surface area contributed by atoms with E-state index >= 15 is 0 Å². The molecule has 0 aliphatic rings. The molecule has 0 heterocycles. The van der Waals surface area contributed by atoms with Gasteiger partial charge >= 0.3 is 0 Å². The molecular formula is C12H19N3O. The molecule has 0 saturated heterocycles. The molecule has 1 rings (SSSR count). The molecule has 1 aromatic carbocycles. The van der Waals surface area contributed by atoms with E-state index in [-0.39, 0.29) is 18.5 Å². The Kier molecular flexibility index (Phi) is 4.31. The van der Waals surface area contributed by atoms with Crippen molar-refractivity contribution in [2.24, 2.45) is 5.73 Å². The monoisotopic (exact) mass is 221 g/mol. The van der Waals surface area contributed by atoms with Crippen LogP contribution < -0.4 is 11.5 Å². The van der Waals surface area contributed by atoms with Gasteiger partial charge in [0.2, 0.25) is 5.91 Å². The smallest absolute Gasteiger partial charge is 0.231 e. The van der Waals surface area contributed by atoms with Crippen LogP contribution >= 0.6 is 0 Å². The van der Waals surface area contributed by atoms with Gasteiger partial charge in [-0.15, -0.1) is 0 Å². The van der Waals surface area contributed by atoms with Crippen LogP contribution in [-0.4, -0.2) is 23.4 Å². The van der Waals surface area contributed by atoms with E-state index in [1.165, 1.54) is 0 Å². The fraction of sp³-hybridized carbons (Fsp3) is 0.417. The number of anilines is 1. The van der Waals surface area contributed by atoms with Gasteiger partial charge in [0.05, 0.1) is 6.54 Å². The summed E-state index contributed by atoms with van der Waals surface area (Å²) in [6.45, 7) is 5.07. The Bertz CT molecular complexity index is 346. The lowest BCUT2D eigenvalue weighted by Crippen LogP contribution is -2.37. The summed E-state index contributed by atoms with van der Waals surface area (Å²) in [6.07, 6.45) is 0. The molecule has 4 N–H and O–H groups in total. The quantitative estimate of drug-likeness (QED) is 0.727. The van der Waals surface area contributed by atoms with E-state index in [0.29, 0.717) is 6.54 Å². The van der Waals surface area contributed by atoms with E-state index in [9.17, 15) is 4.79 Å². The van der Waals surface area contributed by atoms with E-state index in [0.717, 1.165) is 11.3 Å². The van der Waals surface area contributed by atoms with E-state index in [2.05, 4.69) is 0 Å². The van der Waals surface area contributed by atoms with Crippen LogP contribution in [0.5, 0.6) is 0 Å². The number of carbonyl (C=O) groups is 1. The second kappa shape index (κ2) is 5.51. The third kappa shape index (κ3) is 3.90. The van der Waals surface area contributed by atoms with Crippen LogP contribution in [-0.2, 0) is 11.3 Å². The highest BCUT2D eigenvalue weighted by Gasteiger charge is 2.12. The maximum absolute atomic E-state index is 10.9. The number of nitrogens with two attached hydrogens (primary N) is 2. The topological polar surface area (TPSA) is 72.3 Å². The lowest BCUT2D eigenvalue weighted by molar-refractivity contribution is -0.119. The number of hydrogen-bond acceptors (Lipinski definition) is 3. The Hall–Kier alpha value is -1.55. The number of rotatable bonds is 5. The number of primary amides is 1. The first-order valence-electron chi connectivity index (χ1n) is 5.36. The number of nitrogens with zero attached hydrogens (tertiary/aromatic N) is 1. The summed E-state index contributed by atoms with van der Waals surface area (Å²) < 4.78 is 0. The van der Waals surface area contributed by atoms with E-state index in [4.69, 9.17) is 11.5 Å². The molecule has 0 bridgehead atoms. The molecule has 16 heavy (non-hydrogen) atoms. The number of nitrogen functional groups attached to an aromatic ring is 1. The number of carbonyl (C=O) groups excluding carboxylic acids is 1. The van der Waals surface area contributed by atoms with Gasteiger partial charge < -0.3 is 11.5 Å². The van der Waals surface area contributed by atoms with Crippen molar-refractivity contribution in [3.05, 3.63) is 29.8 Å². The zero-order valence-corrected chi connectivity index (χ0v) is 9.81. The van der Waals surface area contributed by atoms with Gasteiger partial charge in [0.1, 0.15) is 0 Å². The summed E-state index contributed by atoms with van der Waals surface area (Å²) in [5, 5.41) is 0. The molecule has 0 fully saturated rings. The van der Waals surface area contributed by atoms with Gasteiger partial charge in [0.15, 0.2) is 0 Å². The molecular weight excluding hydrogens is 202 g/mol. The minimum absolute atomic E-state index is 0.280. The van der Waals surface area contributed by atoms with Crippen molar-refractivity contribution >= 4 is 11.6 Å². The number of benzene rings is 1. The molecule has 0 spiro atoms. The van der Waals surface area contributed by atoms with Crippen LogP contribution in [0.25, 0.3) is 0 Å². The Morgan fingerprint density at radius 3 is 2.31 bits per heavy atom. The molecule has 1 amide bonds. The van der Waals surface area contributed by atoms with Crippen molar-refractivity contribution < 1.29 is 4.79 Å². The van der Waals surface area contributed by atoms with Crippen molar-refractivity contribution in [2.75, 3.05) is 12.3 Å². The zero-order chi connectivity index (χ0) is 12.1. The molecule has 0 radical (unpaired) electrons. The summed E-state index contributed by atoms with van der Waals surface area (Å²) in [5.41, 5.74) is 12.7. The van der Waals surface area contributed by atoms with E-state index in [1.54, 1.807) is 0 Å². The molecule has 0 saturated carbocycles. The van der Waals surface area contributed by atoms with Gasteiger partial charge in [-0.1, -0.05) is 12.1 Å². The fourth-order valence-electron chi connectivity index (χ4n) is 1.48. The average Bonchev–Trinajstić information content (AvgIpc) is 2.19. The zero-order valence-electron chi connectivity index (χ0n) is 9.81. The predicted octanol–water partition coefficient (Wildman–Crippen LogP) is 0.965. The molecule has 0 aromatic heterocycles. The molecule has 0 atom stereocenters. The molecule has 4 heteroatoms. The van der Waals surface area contributed by atoms with Crippen molar-refractivity contribution in [3.8, 4) is 0 Å². The first kappa shape index (κ1) is 12.5. The minimum atomic E-state index is -0.302. The standard InChI is InChI=1S/C12H19N3O/c1-9(2)15(8-12(14)16)7-10-3-5-11(13)6-4-10/h3-6,9H,7-8,13H2,1-2H3,(H2,14,16). The van der Waals surface area contributed by atoms with Gasteiger partial charge in [-0.2, -0.15) is 0 Å². The second-order valence-electron chi connectivity index (χ2n) is 4.21. The Morgan fingerprint density at radius 2 is 1.88 bits per heavy atom. The highest BCUT2D eigenvalue weighted by Crippen LogP contribution is 2.10. The van der Waals surface area contributed by atoms with Crippen molar-refractivity contribution in [3.63, 3.8) is 0 Å². The maximum atomic E-state index is 10.9. The summed E-state index contributed by atoms with van der Waals surface area (Å²) >= 11 is 0. The third-order valence-corrected chi connectivity index (χ3v) is 2.45. The SMILES string of the molecule is CC(C)N(CC(N)=O)Cc1ccc(N)cc1. The van der Waals surface area contributed by atoms with Crippen molar-refractivity contribution in [1.82, 2.24) is 4.90 Å². The van der Waals surface area contributed by atoms with Gasteiger partial charge in [0.25, 0.3) is 0 Å². The largest absolute Gasteiger partial charge is 0.399 e. The second-order valence-corrected chi connectivity index (χ2v) is 4.21. The third-order valence-electron chi connectivity index (χ3n) is 2.45. The number of amides is 1. The fourth-order valence-corrected chi connectivity index (χ4v) is 1.48. The highest BCUT2D eigenvalue weighted by molar-refractivity contribution is 5.75. The van der Waals surface area contributed by atoms with Crippen molar-refractivity contribution in [1.29, 1.82) is 0 Å². The predicted molar refractivity (Wildman–Crippen MR) is 65.6 cm³/mol. The van der Waals surface area contributed by atoms with E-state index in [1.807, 2.05) is 43.0 Å². The average molecular weight is 221 g/mol. The molecule has 0 aliphatic heterocycles. The summed E-state index contributed by atoms with van der Waals surface area (Å²) in [6, 6.07) is 7.93. The Morgan fingerprint density at radius 1 is 1.31 bits per heavy atom. The van der Waals surface area contributed by atoms with Gasteiger partial charge in [-0.3, -0.25) is 9.69 Å². The van der Waals surface area contributed by atoms with Gasteiger partial charge in [0, 0.05) is 18.3 Å². The number of hydrogen-bond donors (Lipinski definition) is 2. The highest BCUT2D eigenvalue weighted by atomic mass is 16.1. The maximum Gasteiger partial charge on any atom is 0.231 e. The van der Waals surface area contributed by atoms with Crippen molar-refractivity contribution in [2.45, 2.75) is 26.4 Å². The van der Waals surface area contributed by atoms with E-state index < -0.39 is 0 Å². The molecule has 4 nitrogen and oxygen atoms in total. The van der Waals surface area contributed by atoms with Crippen LogP contribution in [0.3, 0.4) is 0 Å². The molecule has 0 aliphatic carbocycles. The summed E-state index contributed by atoms with van der Waals surface area (Å²) in [4.78, 5) is 12.9. The van der Waals surface area contributed by atoms with Crippen LogP contribution in [0.15, 0.2) is 24.3 Å².